The zero-order chi connectivity index (χ0) is 20.1. The third kappa shape index (κ3) is 4.11. The molecule has 1 N–H and O–H groups in total. The predicted molar refractivity (Wildman–Crippen MR) is 107 cm³/mol. The zero-order valence-electron chi connectivity index (χ0n) is 15.8. The number of esters is 1. The fourth-order valence-electron chi connectivity index (χ4n) is 3.27. The van der Waals surface area contributed by atoms with E-state index in [1.54, 1.807) is 18.2 Å². The highest BCUT2D eigenvalue weighted by Gasteiger charge is 2.37. The number of carbonyl (C=O) groups excluding carboxylic acids is 2. The Morgan fingerprint density at radius 1 is 1.07 bits per heavy atom. The van der Waals surface area contributed by atoms with Crippen molar-refractivity contribution in [3.05, 3.63) is 36.4 Å². The number of unbranched alkanes of at least 4 members (excludes halogenated alkanes) is 3. The van der Waals surface area contributed by atoms with Gasteiger partial charge in [-0.1, -0.05) is 50.5 Å². The lowest BCUT2D eigenvalue weighted by Gasteiger charge is -2.17. The van der Waals surface area contributed by atoms with E-state index in [-0.39, 0.29) is 10.8 Å². The lowest BCUT2D eigenvalue weighted by atomic mass is 10.1. The van der Waals surface area contributed by atoms with Crippen LogP contribution in [0, 0.1) is 0 Å². The molecule has 0 fully saturated rings. The van der Waals surface area contributed by atoms with Gasteiger partial charge in [-0.05, 0) is 23.9 Å². The Morgan fingerprint density at radius 2 is 1.82 bits per heavy atom. The second kappa shape index (κ2) is 8.60. The van der Waals surface area contributed by atoms with Gasteiger partial charge in [0.2, 0.25) is 0 Å². The number of carbonyl (C=O) groups is 2. The summed E-state index contributed by atoms with van der Waals surface area (Å²) in [5.74, 6) is -1.16. The average molecular weight is 404 g/mol. The number of ether oxygens (including phenoxy) is 1. The van der Waals surface area contributed by atoms with Crippen LogP contribution < -0.4 is 9.62 Å². The van der Waals surface area contributed by atoms with Gasteiger partial charge in [0.25, 0.3) is 15.9 Å². The molecule has 1 aliphatic heterocycles. The standard InChI is InChI=1S/C20H24N2O5S/c1-2-3-4-5-12-21-18(23)14-27-19(24)13-22-16-10-6-8-15-9-7-11-17(20(15)16)28(22,25)26/h6-11H,2-5,12-14H2,1H3,(H,21,23). The molecule has 8 heteroatoms. The molecule has 0 unspecified atom stereocenters. The summed E-state index contributed by atoms with van der Waals surface area (Å²) in [6, 6.07) is 10.2. The van der Waals surface area contributed by atoms with Crippen LogP contribution in [-0.4, -0.2) is 40.0 Å². The molecule has 0 bridgehead atoms. The Hall–Kier alpha value is -2.61. The molecule has 150 valence electrons. The van der Waals surface area contributed by atoms with Crippen LogP contribution in [0.2, 0.25) is 0 Å². The first-order valence-corrected chi connectivity index (χ1v) is 10.9. The summed E-state index contributed by atoms with van der Waals surface area (Å²) < 4.78 is 31.6. The fourth-order valence-corrected chi connectivity index (χ4v) is 4.92. The van der Waals surface area contributed by atoms with Crippen molar-refractivity contribution in [2.75, 3.05) is 24.0 Å². The summed E-state index contributed by atoms with van der Waals surface area (Å²) in [4.78, 5) is 24.1. The fraction of sp³-hybridized carbons (Fsp3) is 0.400. The van der Waals surface area contributed by atoms with E-state index >= 15 is 0 Å². The summed E-state index contributed by atoms with van der Waals surface area (Å²) in [5, 5.41) is 4.08. The van der Waals surface area contributed by atoms with E-state index in [9.17, 15) is 18.0 Å². The topological polar surface area (TPSA) is 92.8 Å². The van der Waals surface area contributed by atoms with Gasteiger partial charge in [0, 0.05) is 11.9 Å². The molecule has 0 spiro atoms. The third-order valence-corrected chi connectivity index (χ3v) is 6.47. The van der Waals surface area contributed by atoms with Crippen LogP contribution in [0.25, 0.3) is 10.8 Å². The Kier molecular flexibility index (Phi) is 6.18. The third-order valence-electron chi connectivity index (χ3n) is 4.67. The maximum Gasteiger partial charge on any atom is 0.327 e. The maximum absolute atomic E-state index is 12.8. The van der Waals surface area contributed by atoms with E-state index in [2.05, 4.69) is 12.2 Å². The number of anilines is 1. The molecule has 0 aromatic heterocycles. The molecule has 1 heterocycles. The van der Waals surface area contributed by atoms with E-state index in [1.807, 2.05) is 12.1 Å². The first-order valence-electron chi connectivity index (χ1n) is 9.42. The van der Waals surface area contributed by atoms with Crippen molar-refractivity contribution in [3.8, 4) is 0 Å². The highest BCUT2D eigenvalue weighted by molar-refractivity contribution is 7.93. The minimum atomic E-state index is -3.82. The number of rotatable bonds is 9. The Morgan fingerprint density at radius 3 is 2.57 bits per heavy atom. The van der Waals surface area contributed by atoms with E-state index < -0.39 is 29.1 Å². The van der Waals surface area contributed by atoms with Gasteiger partial charge in [-0.15, -0.1) is 0 Å². The molecule has 2 aromatic carbocycles. The van der Waals surface area contributed by atoms with Gasteiger partial charge in [0.1, 0.15) is 6.54 Å². The summed E-state index contributed by atoms with van der Waals surface area (Å²) in [6.07, 6.45) is 4.14. The lowest BCUT2D eigenvalue weighted by molar-refractivity contribution is -0.147. The molecule has 1 aliphatic rings. The minimum absolute atomic E-state index is 0.179. The van der Waals surface area contributed by atoms with Crippen molar-refractivity contribution >= 4 is 38.4 Å². The van der Waals surface area contributed by atoms with Crippen molar-refractivity contribution in [2.24, 2.45) is 0 Å². The molecule has 7 nitrogen and oxygen atoms in total. The largest absolute Gasteiger partial charge is 0.454 e. The number of nitrogens with zero attached hydrogens (tertiary/aromatic N) is 1. The van der Waals surface area contributed by atoms with Crippen molar-refractivity contribution in [2.45, 2.75) is 37.5 Å². The van der Waals surface area contributed by atoms with Gasteiger partial charge in [-0.3, -0.25) is 13.9 Å². The zero-order valence-corrected chi connectivity index (χ0v) is 16.6. The number of sulfonamides is 1. The number of amides is 1. The monoisotopic (exact) mass is 404 g/mol. The van der Waals surface area contributed by atoms with E-state index in [4.69, 9.17) is 4.74 Å². The Bertz CT molecular complexity index is 982. The minimum Gasteiger partial charge on any atom is -0.454 e. The van der Waals surface area contributed by atoms with Crippen molar-refractivity contribution in [1.29, 1.82) is 0 Å². The Balaban J connectivity index is 1.58. The Labute approximate surface area is 164 Å². The SMILES string of the molecule is CCCCCCNC(=O)COC(=O)CN1c2cccc3cccc(c23)S1(=O)=O. The van der Waals surface area contributed by atoms with E-state index in [0.717, 1.165) is 35.4 Å². The molecule has 0 radical (unpaired) electrons. The predicted octanol–water partition coefficient (Wildman–Crippen LogP) is 2.59. The van der Waals surface area contributed by atoms with Gasteiger partial charge in [0.15, 0.2) is 6.61 Å². The van der Waals surface area contributed by atoms with Crippen LogP contribution in [-0.2, 0) is 24.3 Å². The van der Waals surface area contributed by atoms with Crippen LogP contribution >= 0.6 is 0 Å². The second-order valence-electron chi connectivity index (χ2n) is 6.71. The van der Waals surface area contributed by atoms with Crippen LogP contribution in [0.4, 0.5) is 5.69 Å². The van der Waals surface area contributed by atoms with Crippen molar-refractivity contribution in [1.82, 2.24) is 5.32 Å². The van der Waals surface area contributed by atoms with Gasteiger partial charge < -0.3 is 10.1 Å². The number of nitrogens with one attached hydrogen (secondary N) is 1. The molecule has 0 atom stereocenters. The van der Waals surface area contributed by atoms with Gasteiger partial charge >= 0.3 is 5.97 Å². The second-order valence-corrected chi connectivity index (χ2v) is 8.55. The summed E-state index contributed by atoms with van der Waals surface area (Å²) in [5.41, 5.74) is 0.449. The maximum atomic E-state index is 12.8. The summed E-state index contributed by atoms with van der Waals surface area (Å²) in [6.45, 7) is 1.75. The van der Waals surface area contributed by atoms with Crippen LogP contribution in [0.3, 0.4) is 0 Å². The highest BCUT2D eigenvalue weighted by Crippen LogP contribution is 2.41. The molecule has 0 saturated carbocycles. The smallest absolute Gasteiger partial charge is 0.327 e. The van der Waals surface area contributed by atoms with Crippen LogP contribution in [0.5, 0.6) is 0 Å². The molecule has 1 amide bonds. The quantitative estimate of drug-likeness (QED) is 0.512. The number of hydrogen-bond donors (Lipinski definition) is 1. The van der Waals surface area contributed by atoms with Gasteiger partial charge in [0.05, 0.1) is 10.6 Å². The molecule has 28 heavy (non-hydrogen) atoms. The molecular formula is C20H24N2O5S. The molecule has 2 aromatic rings. The van der Waals surface area contributed by atoms with E-state index in [1.165, 1.54) is 6.07 Å². The molecule has 3 rings (SSSR count). The first kappa shape index (κ1) is 20.1. The van der Waals surface area contributed by atoms with E-state index in [0.29, 0.717) is 17.6 Å². The number of hydrogen-bond acceptors (Lipinski definition) is 5. The van der Waals surface area contributed by atoms with Crippen molar-refractivity contribution in [3.63, 3.8) is 0 Å². The summed E-state index contributed by atoms with van der Waals surface area (Å²) in [7, 11) is -3.82. The highest BCUT2D eigenvalue weighted by atomic mass is 32.2. The van der Waals surface area contributed by atoms with Gasteiger partial charge in [-0.25, -0.2) is 8.42 Å². The summed E-state index contributed by atoms with van der Waals surface area (Å²) >= 11 is 0. The van der Waals surface area contributed by atoms with Crippen LogP contribution in [0.1, 0.15) is 32.6 Å². The van der Waals surface area contributed by atoms with Crippen LogP contribution in [0.15, 0.2) is 41.3 Å². The molecule has 0 saturated heterocycles. The normalized spacial score (nSPS) is 14.2. The molecule has 0 aliphatic carbocycles. The lowest BCUT2D eigenvalue weighted by Crippen LogP contribution is -2.36. The molecular weight excluding hydrogens is 380 g/mol. The number of benzene rings is 2. The van der Waals surface area contributed by atoms with Crippen molar-refractivity contribution < 1.29 is 22.7 Å². The van der Waals surface area contributed by atoms with Gasteiger partial charge in [-0.2, -0.15) is 0 Å². The first-order chi connectivity index (χ1) is 13.4. The average Bonchev–Trinajstić information content (AvgIpc) is 2.90.